The van der Waals surface area contributed by atoms with Crippen molar-refractivity contribution >= 4 is 0 Å². The molecule has 2 rings (SSSR count). The molecule has 1 aromatic heterocycles. The number of nitrogens with one attached hydrogen (secondary N) is 2. The first-order valence-corrected chi connectivity index (χ1v) is 7.41. The number of aromatic amines is 1. The summed E-state index contributed by atoms with van der Waals surface area (Å²) < 4.78 is 0. The van der Waals surface area contributed by atoms with Gasteiger partial charge in [0.1, 0.15) is 0 Å². The van der Waals surface area contributed by atoms with Gasteiger partial charge in [0.15, 0.2) is 0 Å². The van der Waals surface area contributed by atoms with Crippen LogP contribution in [0.3, 0.4) is 0 Å². The van der Waals surface area contributed by atoms with Crippen LogP contribution >= 0.6 is 0 Å². The molecule has 0 saturated carbocycles. The van der Waals surface area contributed by atoms with Gasteiger partial charge in [0.05, 0.1) is 5.69 Å². The van der Waals surface area contributed by atoms with E-state index in [0.717, 1.165) is 24.4 Å². The molecule has 0 radical (unpaired) electrons. The third-order valence-corrected chi connectivity index (χ3v) is 3.23. The quantitative estimate of drug-likeness (QED) is 0.839. The molecule has 0 saturated heterocycles. The number of rotatable bonds is 6. The van der Waals surface area contributed by atoms with Crippen molar-refractivity contribution in [3.8, 4) is 11.3 Å². The van der Waals surface area contributed by atoms with Gasteiger partial charge >= 0.3 is 0 Å². The second-order valence-electron chi connectivity index (χ2n) is 6.11. The highest BCUT2D eigenvalue weighted by Gasteiger charge is 2.05. The van der Waals surface area contributed by atoms with E-state index in [2.05, 4.69) is 73.5 Å². The van der Waals surface area contributed by atoms with E-state index in [4.69, 9.17) is 0 Å². The summed E-state index contributed by atoms with van der Waals surface area (Å²) in [5.41, 5.74) is 4.70. The average molecular weight is 271 g/mol. The van der Waals surface area contributed by atoms with Crippen molar-refractivity contribution in [1.29, 1.82) is 0 Å². The minimum absolute atomic E-state index is 0.483. The van der Waals surface area contributed by atoms with E-state index >= 15 is 0 Å². The molecular weight excluding hydrogens is 246 g/mol. The Kier molecular flexibility index (Phi) is 4.96. The molecule has 2 N–H and O–H groups in total. The maximum absolute atomic E-state index is 4.39. The second kappa shape index (κ2) is 6.71. The summed E-state index contributed by atoms with van der Waals surface area (Å²) in [6, 6.07) is 11.3. The highest BCUT2D eigenvalue weighted by molar-refractivity contribution is 5.59. The topological polar surface area (TPSA) is 40.7 Å². The van der Waals surface area contributed by atoms with Gasteiger partial charge in [-0.05, 0) is 24.0 Å². The summed E-state index contributed by atoms with van der Waals surface area (Å²) in [6.45, 7) is 9.61. The average Bonchev–Trinajstić information content (AvgIpc) is 2.85. The number of benzene rings is 1. The lowest BCUT2D eigenvalue weighted by Crippen LogP contribution is -2.21. The minimum Gasteiger partial charge on any atom is -0.309 e. The molecule has 1 heterocycles. The number of nitrogens with zero attached hydrogens (tertiary/aromatic N) is 1. The Morgan fingerprint density at radius 3 is 2.40 bits per heavy atom. The van der Waals surface area contributed by atoms with Crippen LogP contribution in [0.4, 0.5) is 0 Å². The van der Waals surface area contributed by atoms with Crippen LogP contribution in [0.15, 0.2) is 30.3 Å². The predicted molar refractivity (Wildman–Crippen MR) is 84.5 cm³/mol. The van der Waals surface area contributed by atoms with Crippen molar-refractivity contribution in [2.45, 2.75) is 46.7 Å². The van der Waals surface area contributed by atoms with Crippen LogP contribution in [0.1, 0.15) is 39.0 Å². The number of hydrogen-bond acceptors (Lipinski definition) is 2. The molecule has 3 nitrogen and oxygen atoms in total. The summed E-state index contributed by atoms with van der Waals surface area (Å²) >= 11 is 0. The standard InChI is InChI=1S/C17H25N3/c1-12(2)9-14-5-7-15(8-6-14)17-10-16(19-20-17)11-18-13(3)4/h5-8,10,12-13,18H,9,11H2,1-4H3,(H,19,20). The molecule has 2 aromatic rings. The first-order chi connectivity index (χ1) is 9.54. The van der Waals surface area contributed by atoms with Gasteiger partial charge in [-0.25, -0.2) is 0 Å². The highest BCUT2D eigenvalue weighted by atomic mass is 15.1. The predicted octanol–water partition coefficient (Wildman–Crippen LogP) is 3.77. The van der Waals surface area contributed by atoms with Gasteiger partial charge < -0.3 is 5.32 Å². The van der Waals surface area contributed by atoms with Gasteiger partial charge in [0.2, 0.25) is 0 Å². The zero-order chi connectivity index (χ0) is 14.5. The number of aromatic nitrogens is 2. The van der Waals surface area contributed by atoms with Crippen molar-refractivity contribution in [2.24, 2.45) is 5.92 Å². The van der Waals surface area contributed by atoms with Gasteiger partial charge in [0, 0.05) is 23.8 Å². The fourth-order valence-electron chi connectivity index (χ4n) is 2.20. The molecule has 108 valence electrons. The van der Waals surface area contributed by atoms with Gasteiger partial charge in [0.25, 0.3) is 0 Å². The van der Waals surface area contributed by atoms with Gasteiger partial charge in [-0.3, -0.25) is 5.10 Å². The maximum Gasteiger partial charge on any atom is 0.0924 e. The third-order valence-electron chi connectivity index (χ3n) is 3.23. The van der Waals surface area contributed by atoms with Crippen LogP contribution < -0.4 is 5.32 Å². The maximum atomic E-state index is 4.39. The summed E-state index contributed by atoms with van der Waals surface area (Å²) in [7, 11) is 0. The van der Waals surface area contributed by atoms with Crippen molar-refractivity contribution in [3.05, 3.63) is 41.6 Å². The van der Waals surface area contributed by atoms with E-state index in [1.807, 2.05) is 0 Å². The Balaban J connectivity index is 2.04. The number of hydrogen-bond donors (Lipinski definition) is 2. The SMILES string of the molecule is CC(C)Cc1ccc(-c2cc(CNC(C)C)[nH]n2)cc1. The zero-order valence-electron chi connectivity index (χ0n) is 12.9. The van der Waals surface area contributed by atoms with Crippen molar-refractivity contribution in [2.75, 3.05) is 0 Å². The third kappa shape index (κ3) is 4.20. The highest BCUT2D eigenvalue weighted by Crippen LogP contribution is 2.19. The largest absolute Gasteiger partial charge is 0.309 e. The smallest absolute Gasteiger partial charge is 0.0924 e. The normalized spacial score (nSPS) is 11.5. The molecule has 0 aliphatic rings. The lowest BCUT2D eigenvalue weighted by molar-refractivity contribution is 0.580. The van der Waals surface area contributed by atoms with E-state index in [9.17, 15) is 0 Å². The lowest BCUT2D eigenvalue weighted by atomic mass is 10.0. The van der Waals surface area contributed by atoms with E-state index < -0.39 is 0 Å². The molecule has 0 bridgehead atoms. The van der Waals surface area contributed by atoms with Crippen LogP contribution in [-0.4, -0.2) is 16.2 Å². The van der Waals surface area contributed by atoms with E-state index in [-0.39, 0.29) is 0 Å². The molecule has 0 spiro atoms. The van der Waals surface area contributed by atoms with Crippen molar-refractivity contribution in [3.63, 3.8) is 0 Å². The summed E-state index contributed by atoms with van der Waals surface area (Å²) in [6.07, 6.45) is 1.13. The van der Waals surface area contributed by atoms with Crippen LogP contribution in [-0.2, 0) is 13.0 Å². The molecule has 0 unspecified atom stereocenters. The van der Waals surface area contributed by atoms with Crippen molar-refractivity contribution < 1.29 is 0 Å². The number of H-pyrrole nitrogens is 1. The molecule has 0 amide bonds. The first kappa shape index (κ1) is 14.8. The Morgan fingerprint density at radius 2 is 1.80 bits per heavy atom. The van der Waals surface area contributed by atoms with E-state index in [1.54, 1.807) is 0 Å². The fourth-order valence-corrected chi connectivity index (χ4v) is 2.20. The van der Waals surface area contributed by atoms with Gasteiger partial charge in [-0.2, -0.15) is 5.10 Å². The van der Waals surface area contributed by atoms with Gasteiger partial charge in [-0.1, -0.05) is 52.0 Å². The van der Waals surface area contributed by atoms with E-state index in [0.29, 0.717) is 12.0 Å². The van der Waals surface area contributed by atoms with Crippen LogP contribution in [0.5, 0.6) is 0 Å². The van der Waals surface area contributed by atoms with E-state index in [1.165, 1.54) is 11.1 Å². The Bertz CT molecular complexity index is 523. The Labute approximate surface area is 121 Å². The minimum atomic E-state index is 0.483. The molecule has 0 aliphatic carbocycles. The molecule has 20 heavy (non-hydrogen) atoms. The lowest BCUT2D eigenvalue weighted by Gasteiger charge is -2.05. The molecule has 1 aromatic carbocycles. The zero-order valence-corrected chi connectivity index (χ0v) is 12.9. The Hall–Kier alpha value is -1.61. The summed E-state index contributed by atoms with van der Waals surface area (Å²) in [5.74, 6) is 0.694. The fraction of sp³-hybridized carbons (Fsp3) is 0.471. The molecule has 0 aliphatic heterocycles. The second-order valence-corrected chi connectivity index (χ2v) is 6.11. The van der Waals surface area contributed by atoms with Crippen LogP contribution in [0.25, 0.3) is 11.3 Å². The molecule has 0 atom stereocenters. The van der Waals surface area contributed by atoms with Crippen LogP contribution in [0, 0.1) is 5.92 Å². The molecule has 0 fully saturated rings. The molecular formula is C17H25N3. The summed E-state index contributed by atoms with van der Waals surface area (Å²) in [5, 5.41) is 10.9. The summed E-state index contributed by atoms with van der Waals surface area (Å²) in [4.78, 5) is 0. The monoisotopic (exact) mass is 271 g/mol. The Morgan fingerprint density at radius 1 is 1.10 bits per heavy atom. The first-order valence-electron chi connectivity index (χ1n) is 7.41. The van der Waals surface area contributed by atoms with Gasteiger partial charge in [-0.15, -0.1) is 0 Å². The van der Waals surface area contributed by atoms with Crippen molar-refractivity contribution in [1.82, 2.24) is 15.5 Å². The van der Waals surface area contributed by atoms with Crippen LogP contribution in [0.2, 0.25) is 0 Å². The molecule has 3 heteroatoms.